The third-order valence-corrected chi connectivity index (χ3v) is 8.81. The first-order valence-corrected chi connectivity index (χ1v) is 13.6. The number of anilines is 2. The first-order chi connectivity index (χ1) is 16.7. The minimum absolute atomic E-state index is 0.170. The number of carbonyl (C=O) groups excluding carboxylic acids is 2. The van der Waals surface area contributed by atoms with Gasteiger partial charge >= 0.3 is 0 Å². The molecule has 1 fully saturated rings. The van der Waals surface area contributed by atoms with Crippen molar-refractivity contribution in [2.75, 3.05) is 35.8 Å². The molecule has 2 aromatic rings. The van der Waals surface area contributed by atoms with Crippen LogP contribution in [0, 0.1) is 20.8 Å². The molecule has 2 aromatic carbocycles. The predicted molar refractivity (Wildman–Crippen MR) is 137 cm³/mol. The fourth-order valence-electron chi connectivity index (χ4n) is 5.19. The molecule has 188 valence electrons. The van der Waals surface area contributed by atoms with Crippen LogP contribution in [-0.2, 0) is 19.6 Å². The molecule has 1 unspecified atom stereocenters. The summed E-state index contributed by atoms with van der Waals surface area (Å²) >= 11 is 0. The number of benzene rings is 2. The Morgan fingerprint density at radius 1 is 1.06 bits per heavy atom. The molecule has 2 aliphatic rings. The Hall–Kier alpha value is -2.91. The normalized spacial score (nSPS) is 18.7. The van der Waals surface area contributed by atoms with Gasteiger partial charge in [0.15, 0.2) is 0 Å². The number of hydrogen-bond acceptors (Lipinski definition) is 5. The van der Waals surface area contributed by atoms with E-state index in [1.54, 1.807) is 38.1 Å². The van der Waals surface area contributed by atoms with E-state index in [-0.39, 0.29) is 17.2 Å². The lowest BCUT2D eigenvalue weighted by Crippen LogP contribution is -2.53. The molecule has 2 heterocycles. The van der Waals surface area contributed by atoms with Gasteiger partial charge in [0.2, 0.25) is 11.8 Å². The standard InChI is InChI=1S/C26H34N4O4S/c1-18-15-19(2)25(20(3)16-18)35(33,34)30-22-10-6-5-9-21(22)28-26(32)23(30)17-24(31)27-11-14-29-12-7-4-8-13-29/h5-6,9-10,15-16,23H,4,7-8,11-14,17H2,1-3H3,(H,27,31)(H,28,32). The van der Waals surface area contributed by atoms with Crippen molar-refractivity contribution >= 4 is 33.2 Å². The van der Waals surface area contributed by atoms with E-state index < -0.39 is 22.0 Å². The number of carbonyl (C=O) groups is 2. The third kappa shape index (κ3) is 5.36. The van der Waals surface area contributed by atoms with E-state index >= 15 is 0 Å². The molecule has 2 aliphatic heterocycles. The number of sulfonamides is 1. The van der Waals surface area contributed by atoms with E-state index in [0.717, 1.165) is 29.5 Å². The number of amides is 2. The van der Waals surface area contributed by atoms with Crippen molar-refractivity contribution in [3.8, 4) is 0 Å². The number of likely N-dealkylation sites (tertiary alicyclic amines) is 1. The molecule has 8 nitrogen and oxygen atoms in total. The van der Waals surface area contributed by atoms with Crippen LogP contribution in [0.2, 0.25) is 0 Å². The van der Waals surface area contributed by atoms with Crippen molar-refractivity contribution in [1.82, 2.24) is 10.2 Å². The average Bonchev–Trinajstić information content (AvgIpc) is 2.79. The zero-order chi connectivity index (χ0) is 25.2. The van der Waals surface area contributed by atoms with E-state index in [0.29, 0.717) is 29.0 Å². The van der Waals surface area contributed by atoms with E-state index in [9.17, 15) is 18.0 Å². The smallest absolute Gasteiger partial charge is 0.265 e. The topological polar surface area (TPSA) is 98.8 Å². The molecule has 0 saturated carbocycles. The number of piperidine rings is 1. The van der Waals surface area contributed by atoms with Crippen molar-refractivity contribution in [1.29, 1.82) is 0 Å². The summed E-state index contributed by atoms with van der Waals surface area (Å²) in [6, 6.07) is 9.23. The van der Waals surface area contributed by atoms with Crippen molar-refractivity contribution in [2.45, 2.75) is 57.4 Å². The highest BCUT2D eigenvalue weighted by atomic mass is 32.2. The van der Waals surface area contributed by atoms with Gasteiger partial charge in [-0.15, -0.1) is 0 Å². The number of aryl methyl sites for hydroxylation is 3. The Bertz CT molecular complexity index is 1200. The van der Waals surface area contributed by atoms with Gasteiger partial charge < -0.3 is 15.5 Å². The van der Waals surface area contributed by atoms with Gasteiger partial charge in [0.1, 0.15) is 6.04 Å². The SMILES string of the molecule is Cc1cc(C)c(S(=O)(=O)N2c3ccccc3NC(=O)C2CC(=O)NCCN2CCCCC2)c(C)c1. The highest BCUT2D eigenvalue weighted by Crippen LogP contribution is 2.38. The molecular weight excluding hydrogens is 464 g/mol. The summed E-state index contributed by atoms with van der Waals surface area (Å²) in [6.45, 7) is 8.69. The summed E-state index contributed by atoms with van der Waals surface area (Å²) in [6.07, 6.45) is 3.31. The van der Waals surface area contributed by atoms with Crippen molar-refractivity contribution in [3.63, 3.8) is 0 Å². The molecular formula is C26H34N4O4S. The van der Waals surface area contributed by atoms with E-state index in [2.05, 4.69) is 15.5 Å². The van der Waals surface area contributed by atoms with Crippen molar-refractivity contribution in [2.24, 2.45) is 0 Å². The van der Waals surface area contributed by atoms with Crippen LogP contribution in [0.5, 0.6) is 0 Å². The van der Waals surface area contributed by atoms with Crippen LogP contribution in [-0.4, -0.2) is 57.4 Å². The third-order valence-electron chi connectivity index (χ3n) is 6.68. The number of fused-ring (bicyclic) bond motifs is 1. The summed E-state index contributed by atoms with van der Waals surface area (Å²) in [5.41, 5.74) is 2.94. The number of para-hydroxylation sites is 2. The molecule has 1 saturated heterocycles. The number of nitrogens with zero attached hydrogens (tertiary/aromatic N) is 2. The van der Waals surface area contributed by atoms with Crippen LogP contribution in [0.25, 0.3) is 0 Å². The Balaban J connectivity index is 1.62. The Kier molecular flexibility index (Phi) is 7.47. The highest BCUT2D eigenvalue weighted by Gasteiger charge is 2.42. The molecule has 9 heteroatoms. The highest BCUT2D eigenvalue weighted by molar-refractivity contribution is 7.93. The van der Waals surface area contributed by atoms with Crippen molar-refractivity contribution in [3.05, 3.63) is 53.1 Å². The molecule has 4 rings (SSSR count). The molecule has 0 spiro atoms. The van der Waals surface area contributed by atoms with Gasteiger partial charge in [0.25, 0.3) is 10.0 Å². The molecule has 2 amide bonds. The number of nitrogens with one attached hydrogen (secondary N) is 2. The minimum Gasteiger partial charge on any atom is -0.355 e. The molecule has 0 aliphatic carbocycles. The summed E-state index contributed by atoms with van der Waals surface area (Å²) in [7, 11) is -4.13. The van der Waals surface area contributed by atoms with E-state index in [4.69, 9.17) is 0 Å². The first-order valence-electron chi connectivity index (χ1n) is 12.2. The van der Waals surface area contributed by atoms with Gasteiger partial charge in [-0.2, -0.15) is 0 Å². The second kappa shape index (κ2) is 10.4. The van der Waals surface area contributed by atoms with Crippen LogP contribution >= 0.6 is 0 Å². The van der Waals surface area contributed by atoms with Gasteiger partial charge in [-0.25, -0.2) is 8.42 Å². The lowest BCUT2D eigenvalue weighted by atomic mass is 10.1. The van der Waals surface area contributed by atoms with E-state index in [1.165, 1.54) is 19.3 Å². The largest absolute Gasteiger partial charge is 0.355 e. The maximum absolute atomic E-state index is 14.1. The number of hydrogen-bond donors (Lipinski definition) is 2. The minimum atomic E-state index is -4.13. The summed E-state index contributed by atoms with van der Waals surface area (Å²) in [5.74, 6) is -0.861. The zero-order valence-corrected chi connectivity index (χ0v) is 21.5. The van der Waals surface area contributed by atoms with Crippen LogP contribution in [0.4, 0.5) is 11.4 Å². The summed E-state index contributed by atoms with van der Waals surface area (Å²) in [5, 5.41) is 5.66. The second-order valence-electron chi connectivity index (χ2n) is 9.51. The fraction of sp³-hybridized carbons (Fsp3) is 0.462. The zero-order valence-electron chi connectivity index (χ0n) is 20.6. The second-order valence-corrected chi connectivity index (χ2v) is 11.3. The molecule has 1 atom stereocenters. The molecule has 2 N–H and O–H groups in total. The number of rotatable bonds is 7. The Morgan fingerprint density at radius 2 is 1.71 bits per heavy atom. The maximum Gasteiger partial charge on any atom is 0.265 e. The lowest BCUT2D eigenvalue weighted by Gasteiger charge is -2.37. The summed E-state index contributed by atoms with van der Waals surface area (Å²) in [4.78, 5) is 28.5. The first kappa shape index (κ1) is 25.2. The van der Waals surface area contributed by atoms with Gasteiger partial charge in [-0.1, -0.05) is 36.2 Å². The molecule has 0 radical (unpaired) electrons. The lowest BCUT2D eigenvalue weighted by molar-refractivity contribution is -0.125. The summed E-state index contributed by atoms with van der Waals surface area (Å²) < 4.78 is 29.3. The Labute approximate surface area is 207 Å². The quantitative estimate of drug-likeness (QED) is 0.611. The molecule has 0 bridgehead atoms. The van der Waals surface area contributed by atoms with Crippen molar-refractivity contribution < 1.29 is 18.0 Å². The molecule has 0 aromatic heterocycles. The van der Waals surface area contributed by atoms with Crippen LogP contribution < -0.4 is 14.9 Å². The maximum atomic E-state index is 14.1. The average molecular weight is 499 g/mol. The van der Waals surface area contributed by atoms with Gasteiger partial charge in [0.05, 0.1) is 22.7 Å². The van der Waals surface area contributed by atoms with E-state index in [1.807, 2.05) is 19.1 Å². The van der Waals surface area contributed by atoms with Crippen LogP contribution in [0.15, 0.2) is 41.3 Å². The van der Waals surface area contributed by atoms with Crippen LogP contribution in [0.1, 0.15) is 42.4 Å². The van der Waals surface area contributed by atoms with Gasteiger partial charge in [0, 0.05) is 13.1 Å². The molecule has 35 heavy (non-hydrogen) atoms. The predicted octanol–water partition coefficient (Wildman–Crippen LogP) is 3.12. The fourth-order valence-corrected chi connectivity index (χ4v) is 7.24. The van der Waals surface area contributed by atoms with Gasteiger partial charge in [-0.3, -0.25) is 13.9 Å². The monoisotopic (exact) mass is 498 g/mol. The van der Waals surface area contributed by atoms with Crippen LogP contribution in [0.3, 0.4) is 0 Å². The van der Waals surface area contributed by atoms with Gasteiger partial charge in [-0.05, 0) is 70.0 Å². The Morgan fingerprint density at radius 3 is 2.40 bits per heavy atom.